The Labute approximate surface area is 166 Å². The predicted molar refractivity (Wildman–Crippen MR) is 114 cm³/mol. The van der Waals surface area contributed by atoms with E-state index in [1.165, 1.54) is 0 Å². The molecule has 7 nitrogen and oxygen atoms in total. The number of unbranched alkanes of at least 4 members (excludes halogenated alkanes) is 2. The molecule has 0 atom stereocenters. The summed E-state index contributed by atoms with van der Waals surface area (Å²) in [6.07, 6.45) is 5.05. The summed E-state index contributed by atoms with van der Waals surface area (Å²) in [5.74, 6) is 0.500. The third-order valence-electron chi connectivity index (χ3n) is 4.44. The van der Waals surface area contributed by atoms with E-state index in [4.69, 9.17) is 25.8 Å². The molecule has 0 spiro atoms. The highest BCUT2D eigenvalue weighted by atomic mass is 16.5. The molecule has 0 heterocycles. The van der Waals surface area contributed by atoms with Gasteiger partial charge >= 0.3 is 0 Å². The molecular formula is C21H30N4O3. The fraction of sp³-hybridized carbons (Fsp3) is 0.476. The van der Waals surface area contributed by atoms with Gasteiger partial charge in [-0.3, -0.25) is 0 Å². The molecule has 1 aliphatic carbocycles. The van der Waals surface area contributed by atoms with E-state index in [2.05, 4.69) is 11.9 Å². The number of nitrogens with one attached hydrogen (secondary N) is 2. The van der Waals surface area contributed by atoms with E-state index in [-0.39, 0.29) is 19.6 Å². The summed E-state index contributed by atoms with van der Waals surface area (Å²) in [6.45, 7) is 3.62. The monoisotopic (exact) mass is 386 g/mol. The number of aliphatic imine (C=N–C) groups is 1. The van der Waals surface area contributed by atoms with E-state index in [0.29, 0.717) is 48.3 Å². The van der Waals surface area contributed by atoms with Crippen LogP contribution in [0.3, 0.4) is 0 Å². The van der Waals surface area contributed by atoms with Crippen molar-refractivity contribution in [3.05, 3.63) is 36.1 Å². The highest BCUT2D eigenvalue weighted by Gasteiger charge is 2.20. The zero-order valence-electron chi connectivity index (χ0n) is 16.4. The highest BCUT2D eigenvalue weighted by Crippen LogP contribution is 2.22. The van der Waals surface area contributed by atoms with E-state index in [1.54, 1.807) is 6.08 Å². The third kappa shape index (κ3) is 6.28. The van der Waals surface area contributed by atoms with Crippen LogP contribution in [0, 0.1) is 10.8 Å². The molecule has 0 aromatic heterocycles. The summed E-state index contributed by atoms with van der Waals surface area (Å²) < 4.78 is 5.72. The van der Waals surface area contributed by atoms with E-state index in [9.17, 15) is 0 Å². The van der Waals surface area contributed by atoms with Crippen molar-refractivity contribution in [1.29, 1.82) is 10.8 Å². The minimum atomic E-state index is 0.0129. The van der Waals surface area contributed by atoms with Crippen LogP contribution in [0.5, 0.6) is 0 Å². The second-order valence-corrected chi connectivity index (χ2v) is 6.65. The maximum atomic E-state index is 9.16. The molecule has 0 unspecified atom stereocenters. The Morgan fingerprint density at radius 1 is 1.04 bits per heavy atom. The van der Waals surface area contributed by atoms with Gasteiger partial charge in [-0.2, -0.15) is 0 Å². The number of hydrogen-bond acceptors (Lipinski definition) is 7. The minimum Gasteiger partial charge on any atom is -0.492 e. The molecule has 0 amide bonds. The third-order valence-corrected chi connectivity index (χ3v) is 4.44. The van der Waals surface area contributed by atoms with Crippen molar-refractivity contribution >= 4 is 28.5 Å². The number of anilines is 1. The first-order valence-electron chi connectivity index (χ1n) is 9.74. The Bertz CT molecular complexity index is 720. The van der Waals surface area contributed by atoms with Gasteiger partial charge in [0.15, 0.2) is 0 Å². The van der Waals surface area contributed by atoms with Crippen LogP contribution >= 0.6 is 0 Å². The zero-order valence-corrected chi connectivity index (χ0v) is 16.4. The maximum Gasteiger partial charge on any atom is 0.142 e. The molecule has 28 heavy (non-hydrogen) atoms. The van der Waals surface area contributed by atoms with Crippen LogP contribution in [0.1, 0.15) is 32.6 Å². The zero-order chi connectivity index (χ0) is 20.4. The van der Waals surface area contributed by atoms with Crippen molar-refractivity contribution in [3.8, 4) is 0 Å². The van der Waals surface area contributed by atoms with Crippen molar-refractivity contribution in [2.45, 2.75) is 32.6 Å². The van der Waals surface area contributed by atoms with E-state index in [1.807, 2.05) is 29.2 Å². The number of hydrogen-bond donors (Lipinski definition) is 4. The molecule has 1 aliphatic rings. The average molecular weight is 386 g/mol. The van der Waals surface area contributed by atoms with Gasteiger partial charge < -0.3 is 30.7 Å². The number of allylic oxidation sites excluding steroid dienone is 2. The van der Waals surface area contributed by atoms with E-state index in [0.717, 1.165) is 24.9 Å². The van der Waals surface area contributed by atoms with Crippen LogP contribution in [0.25, 0.3) is 0 Å². The number of nitrogens with zero attached hydrogens (tertiary/aromatic N) is 2. The predicted octanol–water partition coefficient (Wildman–Crippen LogP) is 3.08. The van der Waals surface area contributed by atoms with Gasteiger partial charge in [-0.15, -0.1) is 0 Å². The lowest BCUT2D eigenvalue weighted by Crippen LogP contribution is -2.29. The quantitative estimate of drug-likeness (QED) is 0.438. The molecule has 152 valence electrons. The van der Waals surface area contributed by atoms with Gasteiger partial charge in [-0.05, 0) is 30.7 Å². The molecule has 2 rings (SSSR count). The second kappa shape index (κ2) is 11.4. The Balaban J connectivity index is 2.14. The van der Waals surface area contributed by atoms with Crippen LogP contribution in [0.2, 0.25) is 0 Å². The Hall–Kier alpha value is -2.51. The summed E-state index contributed by atoms with van der Waals surface area (Å²) in [4.78, 5) is 6.43. The van der Waals surface area contributed by atoms with Gasteiger partial charge in [0, 0.05) is 31.3 Å². The second-order valence-electron chi connectivity index (χ2n) is 6.65. The Morgan fingerprint density at radius 3 is 2.32 bits per heavy atom. The first-order valence-corrected chi connectivity index (χ1v) is 9.74. The van der Waals surface area contributed by atoms with E-state index >= 15 is 0 Å². The van der Waals surface area contributed by atoms with Crippen LogP contribution in [0.4, 0.5) is 11.4 Å². The van der Waals surface area contributed by atoms with Gasteiger partial charge in [0.1, 0.15) is 5.76 Å². The number of benzene rings is 1. The van der Waals surface area contributed by atoms with Crippen molar-refractivity contribution in [2.75, 3.05) is 37.8 Å². The number of aliphatic hydroxyl groups excluding tert-OH is 2. The lowest BCUT2D eigenvalue weighted by Gasteiger charge is -2.23. The Kier molecular flexibility index (Phi) is 8.84. The molecule has 1 aromatic carbocycles. The summed E-state index contributed by atoms with van der Waals surface area (Å²) in [6, 6.07) is 7.44. The fourth-order valence-corrected chi connectivity index (χ4v) is 2.90. The molecule has 0 fully saturated rings. The van der Waals surface area contributed by atoms with Crippen LogP contribution in [-0.2, 0) is 4.74 Å². The average Bonchev–Trinajstić information content (AvgIpc) is 2.69. The van der Waals surface area contributed by atoms with Crippen molar-refractivity contribution in [3.63, 3.8) is 0 Å². The van der Waals surface area contributed by atoms with Gasteiger partial charge in [0.05, 0.1) is 42.6 Å². The standard InChI is InChI=1S/C21H30N4O3/c1-2-3-4-13-28-21-15-20(18(22)14-19(21)23)24-16-5-7-17(8-6-16)25(9-11-26)10-12-27/h5-8,15,22-23,26-27H,2-4,9-14H2,1H3. The molecule has 0 aliphatic heterocycles. The first kappa shape index (κ1) is 21.8. The molecular weight excluding hydrogens is 356 g/mol. The summed E-state index contributed by atoms with van der Waals surface area (Å²) >= 11 is 0. The maximum absolute atomic E-state index is 9.16. The van der Waals surface area contributed by atoms with Crippen LogP contribution in [-0.4, -0.2) is 60.3 Å². The van der Waals surface area contributed by atoms with Gasteiger partial charge in [0.25, 0.3) is 0 Å². The number of ether oxygens (including phenoxy) is 1. The molecule has 0 saturated carbocycles. The largest absolute Gasteiger partial charge is 0.492 e. The lowest BCUT2D eigenvalue weighted by molar-refractivity contribution is 0.223. The summed E-state index contributed by atoms with van der Waals surface area (Å²) in [7, 11) is 0. The summed E-state index contributed by atoms with van der Waals surface area (Å²) in [5.41, 5.74) is 2.72. The van der Waals surface area contributed by atoms with Crippen molar-refractivity contribution < 1.29 is 14.9 Å². The topological polar surface area (TPSA) is 113 Å². The molecule has 0 radical (unpaired) electrons. The van der Waals surface area contributed by atoms with Crippen molar-refractivity contribution in [2.24, 2.45) is 4.99 Å². The fourth-order valence-electron chi connectivity index (χ4n) is 2.90. The minimum absolute atomic E-state index is 0.0129. The van der Waals surface area contributed by atoms with Crippen LogP contribution < -0.4 is 4.90 Å². The van der Waals surface area contributed by atoms with Crippen molar-refractivity contribution in [1.82, 2.24) is 0 Å². The molecule has 4 N–H and O–H groups in total. The lowest BCUT2D eigenvalue weighted by atomic mass is 9.99. The molecule has 0 bridgehead atoms. The van der Waals surface area contributed by atoms with Gasteiger partial charge in [0.2, 0.25) is 0 Å². The highest BCUT2D eigenvalue weighted by molar-refractivity contribution is 6.51. The molecule has 0 saturated heterocycles. The number of rotatable bonds is 11. The van der Waals surface area contributed by atoms with Crippen LogP contribution in [0.15, 0.2) is 41.1 Å². The Morgan fingerprint density at radius 2 is 1.71 bits per heavy atom. The summed E-state index contributed by atoms with van der Waals surface area (Å²) in [5, 5.41) is 34.5. The SMILES string of the molecule is CCCCCOC1=CC(=Nc2ccc(N(CCO)CCO)cc2)C(=N)CC1=N. The molecule has 7 heteroatoms. The normalized spacial score (nSPS) is 15.7. The van der Waals surface area contributed by atoms with Gasteiger partial charge in [-0.25, -0.2) is 4.99 Å². The first-order chi connectivity index (χ1) is 13.6. The van der Waals surface area contributed by atoms with E-state index < -0.39 is 0 Å². The van der Waals surface area contributed by atoms with Gasteiger partial charge in [-0.1, -0.05) is 19.8 Å². The number of aliphatic hydroxyl groups is 2. The smallest absolute Gasteiger partial charge is 0.142 e. The molecule has 1 aromatic rings.